The zero-order valence-corrected chi connectivity index (χ0v) is 7.93. The van der Waals surface area contributed by atoms with Crippen molar-refractivity contribution < 1.29 is 4.42 Å². The maximum Gasteiger partial charge on any atom is 0.120 e. The monoisotopic (exact) mass is 190 g/mol. The van der Waals surface area contributed by atoms with Crippen molar-refractivity contribution in [2.24, 2.45) is 11.5 Å². The normalized spacial score (nSPS) is 12.2. The maximum atomic E-state index is 5.75. The first kappa shape index (κ1) is 11.5. The molecule has 0 unspecified atom stereocenters. The molecule has 1 heterocycles. The van der Waals surface area contributed by atoms with Gasteiger partial charge in [-0.2, -0.15) is 0 Å². The van der Waals surface area contributed by atoms with Crippen molar-refractivity contribution in [1.29, 1.82) is 0 Å². The fourth-order valence-corrected chi connectivity index (χ4v) is 0.975. The molecule has 1 aromatic heterocycles. The second-order valence-corrected chi connectivity index (χ2v) is 2.63. The van der Waals surface area contributed by atoms with Gasteiger partial charge in [0.1, 0.15) is 11.5 Å². The van der Waals surface area contributed by atoms with Crippen LogP contribution in [0.1, 0.15) is 24.0 Å². The Hall–Kier alpha value is -0.510. The summed E-state index contributed by atoms with van der Waals surface area (Å²) in [6, 6.07) is 3.76. The van der Waals surface area contributed by atoms with Crippen molar-refractivity contribution in [2.45, 2.75) is 19.4 Å². The van der Waals surface area contributed by atoms with Crippen LogP contribution in [0.4, 0.5) is 0 Å². The number of rotatable bonds is 3. The van der Waals surface area contributed by atoms with Gasteiger partial charge in [-0.25, -0.2) is 0 Å². The van der Waals surface area contributed by atoms with Gasteiger partial charge in [0.2, 0.25) is 0 Å². The summed E-state index contributed by atoms with van der Waals surface area (Å²) in [4.78, 5) is 0. The number of furan rings is 1. The van der Waals surface area contributed by atoms with E-state index >= 15 is 0 Å². The van der Waals surface area contributed by atoms with Gasteiger partial charge in [-0.15, -0.1) is 12.4 Å². The van der Waals surface area contributed by atoms with E-state index < -0.39 is 0 Å². The SMILES string of the molecule is Cc1ccc([C@H](N)CCN)o1.Cl. The van der Waals surface area contributed by atoms with Crippen LogP contribution in [0.25, 0.3) is 0 Å². The lowest BCUT2D eigenvalue weighted by Crippen LogP contribution is -2.14. The van der Waals surface area contributed by atoms with Crippen LogP contribution >= 0.6 is 12.4 Å². The van der Waals surface area contributed by atoms with Crippen molar-refractivity contribution in [3.8, 4) is 0 Å². The Kier molecular flexibility index (Phi) is 4.97. The molecule has 4 N–H and O–H groups in total. The van der Waals surface area contributed by atoms with Gasteiger partial charge in [-0.3, -0.25) is 0 Å². The summed E-state index contributed by atoms with van der Waals surface area (Å²) in [5.74, 6) is 1.72. The van der Waals surface area contributed by atoms with E-state index in [1.54, 1.807) is 0 Å². The van der Waals surface area contributed by atoms with E-state index in [1.807, 2.05) is 19.1 Å². The third-order valence-electron chi connectivity index (χ3n) is 1.60. The molecule has 12 heavy (non-hydrogen) atoms. The van der Waals surface area contributed by atoms with Crippen LogP contribution in [0.15, 0.2) is 16.5 Å². The Labute approximate surface area is 78.5 Å². The fraction of sp³-hybridized carbons (Fsp3) is 0.500. The molecule has 0 aliphatic carbocycles. The minimum Gasteiger partial charge on any atom is -0.465 e. The highest BCUT2D eigenvalue weighted by atomic mass is 35.5. The van der Waals surface area contributed by atoms with Crippen LogP contribution in [0.3, 0.4) is 0 Å². The summed E-state index contributed by atoms with van der Waals surface area (Å²) in [7, 11) is 0. The van der Waals surface area contributed by atoms with Gasteiger partial charge in [-0.05, 0) is 32.0 Å². The van der Waals surface area contributed by atoms with E-state index in [2.05, 4.69) is 0 Å². The van der Waals surface area contributed by atoms with Gasteiger partial charge in [0.05, 0.1) is 6.04 Å². The number of hydrogen-bond acceptors (Lipinski definition) is 3. The van der Waals surface area contributed by atoms with Crippen molar-refractivity contribution in [3.05, 3.63) is 23.7 Å². The summed E-state index contributed by atoms with van der Waals surface area (Å²) in [6.07, 6.45) is 0.771. The molecule has 1 aromatic rings. The van der Waals surface area contributed by atoms with E-state index in [0.29, 0.717) is 6.54 Å². The molecule has 0 aliphatic heterocycles. The van der Waals surface area contributed by atoms with Crippen molar-refractivity contribution in [1.82, 2.24) is 0 Å². The molecule has 4 heteroatoms. The minimum atomic E-state index is -0.0475. The quantitative estimate of drug-likeness (QED) is 0.757. The maximum absolute atomic E-state index is 5.75. The third kappa shape index (κ3) is 2.85. The van der Waals surface area contributed by atoms with E-state index in [-0.39, 0.29) is 18.4 Å². The van der Waals surface area contributed by atoms with E-state index in [4.69, 9.17) is 15.9 Å². The molecule has 0 amide bonds. The van der Waals surface area contributed by atoms with Crippen LogP contribution in [-0.2, 0) is 0 Å². The number of halogens is 1. The lowest BCUT2D eigenvalue weighted by atomic mass is 10.2. The van der Waals surface area contributed by atoms with E-state index in [0.717, 1.165) is 17.9 Å². The standard InChI is InChI=1S/C8H14N2O.ClH/c1-6-2-3-8(11-6)7(10)4-5-9;/h2-3,7H,4-5,9-10H2,1H3;1H/t7-;/m1./s1. The summed E-state index contributed by atoms with van der Waals surface area (Å²) in [5.41, 5.74) is 11.1. The van der Waals surface area contributed by atoms with Gasteiger partial charge in [0.15, 0.2) is 0 Å². The lowest BCUT2D eigenvalue weighted by molar-refractivity contribution is 0.437. The number of hydrogen-bond donors (Lipinski definition) is 2. The first-order chi connectivity index (χ1) is 5.24. The Balaban J connectivity index is 0.00000121. The van der Waals surface area contributed by atoms with Crippen molar-refractivity contribution >= 4 is 12.4 Å². The minimum absolute atomic E-state index is 0. The van der Waals surface area contributed by atoms with Crippen LogP contribution in [0.2, 0.25) is 0 Å². The second kappa shape index (κ2) is 5.19. The smallest absolute Gasteiger partial charge is 0.120 e. The average Bonchev–Trinajstić information content (AvgIpc) is 2.36. The molecule has 3 nitrogen and oxygen atoms in total. The van der Waals surface area contributed by atoms with Gasteiger partial charge >= 0.3 is 0 Å². The molecule has 1 rings (SSSR count). The van der Waals surface area contributed by atoms with Gasteiger partial charge in [-0.1, -0.05) is 0 Å². The third-order valence-corrected chi connectivity index (χ3v) is 1.60. The summed E-state index contributed by atoms with van der Waals surface area (Å²) in [5, 5.41) is 0. The molecule has 0 aliphatic rings. The summed E-state index contributed by atoms with van der Waals surface area (Å²) in [6.45, 7) is 2.50. The zero-order chi connectivity index (χ0) is 8.27. The Morgan fingerprint density at radius 2 is 2.17 bits per heavy atom. The molecule has 0 spiro atoms. The van der Waals surface area contributed by atoms with E-state index in [1.165, 1.54) is 0 Å². The molecule has 70 valence electrons. The Morgan fingerprint density at radius 3 is 2.58 bits per heavy atom. The van der Waals surface area contributed by atoms with Crippen molar-refractivity contribution in [2.75, 3.05) is 6.54 Å². The lowest BCUT2D eigenvalue weighted by Gasteiger charge is -2.05. The largest absolute Gasteiger partial charge is 0.465 e. The average molecular weight is 191 g/mol. The summed E-state index contributed by atoms with van der Waals surface area (Å²) >= 11 is 0. The second-order valence-electron chi connectivity index (χ2n) is 2.63. The zero-order valence-electron chi connectivity index (χ0n) is 7.12. The topological polar surface area (TPSA) is 65.2 Å². The number of nitrogens with two attached hydrogens (primary N) is 2. The van der Waals surface area contributed by atoms with Crippen LogP contribution in [0, 0.1) is 6.92 Å². The fourth-order valence-electron chi connectivity index (χ4n) is 0.975. The molecule has 0 bridgehead atoms. The summed E-state index contributed by atoms with van der Waals surface area (Å²) < 4.78 is 5.32. The Morgan fingerprint density at radius 1 is 1.50 bits per heavy atom. The number of aryl methyl sites for hydroxylation is 1. The predicted octanol–water partition coefficient (Wildman–Crippen LogP) is 1.36. The van der Waals surface area contributed by atoms with Crippen molar-refractivity contribution in [3.63, 3.8) is 0 Å². The van der Waals surface area contributed by atoms with Crippen LogP contribution < -0.4 is 11.5 Å². The highest BCUT2D eigenvalue weighted by Crippen LogP contribution is 2.15. The molecule has 0 radical (unpaired) electrons. The Bertz CT molecular complexity index is 225. The molecule has 0 saturated heterocycles. The highest BCUT2D eigenvalue weighted by Gasteiger charge is 2.07. The molecule has 1 atom stereocenters. The first-order valence-corrected chi connectivity index (χ1v) is 3.76. The predicted molar refractivity (Wildman–Crippen MR) is 51.3 cm³/mol. The highest BCUT2D eigenvalue weighted by molar-refractivity contribution is 5.85. The van der Waals surface area contributed by atoms with Gasteiger partial charge in [0, 0.05) is 0 Å². The molecule has 0 saturated carbocycles. The molecule has 0 aromatic carbocycles. The van der Waals surface area contributed by atoms with Gasteiger partial charge in [0.25, 0.3) is 0 Å². The van der Waals surface area contributed by atoms with Crippen LogP contribution in [-0.4, -0.2) is 6.54 Å². The first-order valence-electron chi connectivity index (χ1n) is 3.76. The molecule has 0 fully saturated rings. The van der Waals surface area contributed by atoms with E-state index in [9.17, 15) is 0 Å². The van der Waals surface area contributed by atoms with Crippen LogP contribution in [0.5, 0.6) is 0 Å². The molecular weight excluding hydrogens is 176 g/mol. The molecular formula is C8H15ClN2O. The van der Waals surface area contributed by atoms with Gasteiger partial charge < -0.3 is 15.9 Å².